The topological polar surface area (TPSA) is 51.7 Å². The van der Waals surface area contributed by atoms with E-state index in [4.69, 9.17) is 4.74 Å². The Morgan fingerprint density at radius 1 is 1.24 bits per heavy atom. The average molecular weight is 522 g/mol. The van der Waals surface area contributed by atoms with Crippen LogP contribution >= 0.6 is 0 Å². The number of ether oxygens (including phenoxy) is 1. The number of hydrogen-bond acceptors (Lipinski definition) is 4. The number of benzene rings is 1. The van der Waals surface area contributed by atoms with E-state index in [1.165, 1.54) is 13.0 Å². The molecule has 3 atom stereocenters. The number of nitrogens with one attached hydrogen (secondary N) is 1. The van der Waals surface area contributed by atoms with Gasteiger partial charge in [-0.3, -0.25) is 14.2 Å². The summed E-state index contributed by atoms with van der Waals surface area (Å²) in [6.07, 6.45) is 0.887. The van der Waals surface area contributed by atoms with Crippen LogP contribution in [0, 0.1) is 5.92 Å². The van der Waals surface area contributed by atoms with Crippen molar-refractivity contribution < 1.29 is 27.4 Å². The number of likely N-dealkylation sites (tertiary alicyclic amines) is 1. The van der Waals surface area contributed by atoms with E-state index in [2.05, 4.69) is 4.98 Å². The van der Waals surface area contributed by atoms with E-state index in [1.807, 2.05) is 29.2 Å². The van der Waals surface area contributed by atoms with E-state index in [0.29, 0.717) is 44.7 Å². The first-order chi connectivity index (χ1) is 17.8. The molecule has 3 aliphatic rings. The summed E-state index contributed by atoms with van der Waals surface area (Å²) in [5.41, 5.74) is 0.584. The number of aryl methyl sites for hydroxylation is 1. The van der Waals surface area contributed by atoms with Crippen LogP contribution in [0.25, 0.3) is 10.9 Å². The molecule has 37 heavy (non-hydrogen) atoms. The SMILES string of the molecule is C[C@@](F)(CO)CN1CCCc2c([nH]c3ccccc23)[C@H]1C1=C(F)C=C(OCCN2CC(CF)C2)CC1F. The number of rotatable bonds is 9. The number of hydrogen-bond donors (Lipinski definition) is 2. The van der Waals surface area contributed by atoms with Crippen molar-refractivity contribution in [3.8, 4) is 0 Å². The first-order valence-corrected chi connectivity index (χ1v) is 13.1. The molecule has 2 aromatic rings. The summed E-state index contributed by atoms with van der Waals surface area (Å²) in [5.74, 6) is -0.401. The Labute approximate surface area is 214 Å². The van der Waals surface area contributed by atoms with Gasteiger partial charge in [-0.1, -0.05) is 18.2 Å². The van der Waals surface area contributed by atoms with Gasteiger partial charge in [0.05, 0.1) is 19.3 Å². The van der Waals surface area contributed by atoms with Gasteiger partial charge in [0, 0.05) is 66.8 Å². The predicted molar refractivity (Wildman–Crippen MR) is 135 cm³/mol. The van der Waals surface area contributed by atoms with Crippen molar-refractivity contribution in [2.24, 2.45) is 5.92 Å². The van der Waals surface area contributed by atoms with Gasteiger partial charge >= 0.3 is 0 Å². The number of aromatic amines is 1. The highest BCUT2D eigenvalue weighted by atomic mass is 19.1. The van der Waals surface area contributed by atoms with Gasteiger partial charge in [-0.2, -0.15) is 0 Å². The minimum atomic E-state index is -1.92. The van der Waals surface area contributed by atoms with Crippen LogP contribution in [0.5, 0.6) is 0 Å². The van der Waals surface area contributed by atoms with Crippen molar-refractivity contribution in [2.45, 2.75) is 44.1 Å². The van der Waals surface area contributed by atoms with Crippen LogP contribution in [-0.4, -0.2) is 84.3 Å². The maximum Gasteiger partial charge on any atom is 0.143 e. The normalized spacial score (nSPS) is 25.4. The second-order valence-corrected chi connectivity index (χ2v) is 10.8. The largest absolute Gasteiger partial charge is 0.496 e. The number of aliphatic hydroxyl groups is 1. The van der Waals surface area contributed by atoms with Gasteiger partial charge in [-0.25, -0.2) is 13.2 Å². The van der Waals surface area contributed by atoms with E-state index < -0.39 is 30.3 Å². The number of aliphatic hydroxyl groups excluding tert-OH is 1. The summed E-state index contributed by atoms with van der Waals surface area (Å²) in [6, 6.07) is 6.91. The fraction of sp³-hybridized carbons (Fsp3) is 0.571. The van der Waals surface area contributed by atoms with Gasteiger partial charge in [-0.15, -0.1) is 0 Å². The van der Waals surface area contributed by atoms with Crippen LogP contribution in [0.3, 0.4) is 0 Å². The van der Waals surface area contributed by atoms with Crippen LogP contribution in [0.1, 0.15) is 37.1 Å². The number of halogens is 4. The van der Waals surface area contributed by atoms with Gasteiger partial charge in [0.15, 0.2) is 0 Å². The van der Waals surface area contributed by atoms with Gasteiger partial charge in [-0.05, 0) is 37.9 Å². The zero-order chi connectivity index (χ0) is 26.2. The number of aromatic nitrogens is 1. The zero-order valence-electron chi connectivity index (χ0n) is 21.2. The summed E-state index contributed by atoms with van der Waals surface area (Å²) in [7, 11) is 0. The maximum absolute atomic E-state index is 15.8. The van der Waals surface area contributed by atoms with Crippen LogP contribution < -0.4 is 0 Å². The molecule has 0 amide bonds. The monoisotopic (exact) mass is 521 g/mol. The Kier molecular flexibility index (Phi) is 7.65. The summed E-state index contributed by atoms with van der Waals surface area (Å²) < 4.78 is 64.9. The Bertz CT molecular complexity index is 1170. The van der Waals surface area contributed by atoms with Gasteiger partial charge in [0.2, 0.25) is 0 Å². The van der Waals surface area contributed by atoms with Crippen molar-refractivity contribution in [2.75, 3.05) is 52.6 Å². The van der Waals surface area contributed by atoms with Crippen LogP contribution in [0.2, 0.25) is 0 Å². The lowest BCUT2D eigenvalue weighted by Crippen LogP contribution is -2.48. The standard InChI is InChI=1S/C28H35F4N3O2/c1-28(32,17-36)16-35-8-4-6-21-20-5-2-3-7-24(20)33-26(21)27(35)25-22(30)11-19(12-23(25)31)37-10-9-34-14-18(13-29)15-34/h2-3,5,7,11,18,23,27,33,36H,4,6,8-10,12-17H2,1H3/t23?,27-,28+/m1/s1. The molecule has 2 N–H and O–H groups in total. The van der Waals surface area contributed by atoms with E-state index in [0.717, 1.165) is 16.5 Å². The quantitative estimate of drug-likeness (QED) is 0.459. The highest BCUT2D eigenvalue weighted by molar-refractivity contribution is 5.85. The van der Waals surface area contributed by atoms with Gasteiger partial charge < -0.3 is 14.8 Å². The summed E-state index contributed by atoms with van der Waals surface area (Å²) in [5, 5.41) is 10.6. The van der Waals surface area contributed by atoms with E-state index in [9.17, 15) is 9.50 Å². The molecule has 0 bridgehead atoms. The fourth-order valence-electron chi connectivity index (χ4n) is 5.88. The molecule has 0 spiro atoms. The number of alkyl halides is 3. The Hall–Kier alpha value is -2.36. The predicted octanol–water partition coefficient (Wildman–Crippen LogP) is 4.94. The highest BCUT2D eigenvalue weighted by Crippen LogP contribution is 2.44. The van der Waals surface area contributed by atoms with Crippen molar-refractivity contribution in [1.29, 1.82) is 0 Å². The minimum Gasteiger partial charge on any atom is -0.496 e. The molecule has 1 saturated heterocycles. The molecule has 0 saturated carbocycles. The van der Waals surface area contributed by atoms with Crippen LogP contribution in [0.15, 0.2) is 47.5 Å². The lowest BCUT2D eigenvalue weighted by atomic mass is 9.89. The molecule has 5 nitrogen and oxygen atoms in total. The van der Waals surface area contributed by atoms with E-state index in [1.54, 1.807) is 4.90 Å². The maximum atomic E-state index is 15.8. The molecule has 1 unspecified atom stereocenters. The third-order valence-electron chi connectivity index (χ3n) is 7.74. The molecule has 1 aromatic carbocycles. The smallest absolute Gasteiger partial charge is 0.143 e. The lowest BCUT2D eigenvalue weighted by molar-refractivity contribution is 0.0335. The molecule has 0 radical (unpaired) electrons. The lowest BCUT2D eigenvalue weighted by Gasteiger charge is -2.38. The molecule has 5 rings (SSSR count). The number of para-hydroxylation sites is 1. The van der Waals surface area contributed by atoms with Crippen LogP contribution in [0.4, 0.5) is 17.6 Å². The first kappa shape index (κ1) is 26.3. The number of allylic oxidation sites excluding steroid dienone is 3. The molecule has 1 aromatic heterocycles. The van der Waals surface area contributed by atoms with E-state index in [-0.39, 0.29) is 43.5 Å². The van der Waals surface area contributed by atoms with Crippen molar-refractivity contribution in [1.82, 2.24) is 14.8 Å². The minimum absolute atomic E-state index is 0.0377. The Balaban J connectivity index is 1.45. The molecule has 1 aliphatic carbocycles. The highest BCUT2D eigenvalue weighted by Gasteiger charge is 2.41. The molecule has 1 fully saturated rings. The zero-order valence-corrected chi connectivity index (χ0v) is 21.2. The first-order valence-electron chi connectivity index (χ1n) is 13.1. The van der Waals surface area contributed by atoms with Crippen molar-refractivity contribution in [3.63, 3.8) is 0 Å². The van der Waals surface area contributed by atoms with Gasteiger partial charge in [0.1, 0.15) is 30.0 Å². The Morgan fingerprint density at radius 2 is 2.03 bits per heavy atom. The third kappa shape index (κ3) is 5.45. The summed E-state index contributed by atoms with van der Waals surface area (Å²) in [4.78, 5) is 7.18. The molecule has 202 valence electrons. The molecule has 2 aliphatic heterocycles. The summed E-state index contributed by atoms with van der Waals surface area (Å²) >= 11 is 0. The number of fused-ring (bicyclic) bond motifs is 3. The number of H-pyrrole nitrogens is 1. The fourth-order valence-corrected chi connectivity index (χ4v) is 5.88. The van der Waals surface area contributed by atoms with Crippen molar-refractivity contribution >= 4 is 10.9 Å². The second kappa shape index (κ2) is 10.8. The molecule has 3 heterocycles. The molecular weight excluding hydrogens is 486 g/mol. The molecule has 9 heteroatoms. The molecular formula is C28H35F4N3O2. The second-order valence-electron chi connectivity index (χ2n) is 10.8. The van der Waals surface area contributed by atoms with Crippen LogP contribution in [-0.2, 0) is 11.2 Å². The average Bonchev–Trinajstić information content (AvgIpc) is 3.11. The van der Waals surface area contributed by atoms with Crippen molar-refractivity contribution in [3.05, 3.63) is 58.8 Å². The number of nitrogens with zero attached hydrogens (tertiary/aromatic N) is 2. The van der Waals surface area contributed by atoms with E-state index >= 15 is 13.2 Å². The Morgan fingerprint density at radius 3 is 2.76 bits per heavy atom. The van der Waals surface area contributed by atoms with Gasteiger partial charge in [0.25, 0.3) is 0 Å². The summed E-state index contributed by atoms with van der Waals surface area (Å²) in [6.45, 7) is 2.77. The third-order valence-corrected chi connectivity index (χ3v) is 7.74.